The number of nitrogens with two attached hydrogens (primary N) is 1. The standard InChI is InChI=1S/C11H15N3O2S/c1-17-9-4-2-8(3-5-9)14-11(16)7-13-10(15)6-12/h2-5H,6-7,12H2,1H3,(H,13,15)(H,14,16). The Hall–Kier alpha value is -1.53. The van der Waals surface area contributed by atoms with Crippen LogP contribution in [0.2, 0.25) is 0 Å². The largest absolute Gasteiger partial charge is 0.346 e. The van der Waals surface area contributed by atoms with Crippen molar-refractivity contribution < 1.29 is 9.59 Å². The van der Waals surface area contributed by atoms with Crippen molar-refractivity contribution >= 4 is 29.3 Å². The quantitative estimate of drug-likeness (QED) is 0.664. The van der Waals surface area contributed by atoms with Gasteiger partial charge in [0.25, 0.3) is 0 Å². The lowest BCUT2D eigenvalue weighted by atomic mass is 10.3. The molecule has 0 aliphatic rings. The number of anilines is 1. The summed E-state index contributed by atoms with van der Waals surface area (Å²) in [7, 11) is 0. The highest BCUT2D eigenvalue weighted by molar-refractivity contribution is 7.98. The molecule has 6 heteroatoms. The van der Waals surface area contributed by atoms with Crippen LogP contribution < -0.4 is 16.4 Å². The summed E-state index contributed by atoms with van der Waals surface area (Å²) in [6.45, 7) is -0.185. The fourth-order valence-corrected chi connectivity index (χ4v) is 1.54. The molecule has 1 rings (SSSR count). The Balaban J connectivity index is 2.42. The van der Waals surface area contributed by atoms with E-state index in [2.05, 4.69) is 10.6 Å². The van der Waals surface area contributed by atoms with Crippen LogP contribution in [0.15, 0.2) is 29.2 Å². The number of hydrogen-bond acceptors (Lipinski definition) is 4. The zero-order valence-electron chi connectivity index (χ0n) is 9.53. The van der Waals surface area contributed by atoms with Crippen LogP contribution in [0.3, 0.4) is 0 Å². The Morgan fingerprint density at radius 2 is 1.88 bits per heavy atom. The normalized spacial score (nSPS) is 9.76. The number of benzene rings is 1. The predicted octanol–water partition coefficient (Wildman–Crippen LogP) is 0.422. The lowest BCUT2D eigenvalue weighted by Crippen LogP contribution is -2.36. The molecule has 4 N–H and O–H groups in total. The topological polar surface area (TPSA) is 84.2 Å². The number of rotatable bonds is 5. The maximum Gasteiger partial charge on any atom is 0.243 e. The van der Waals surface area contributed by atoms with Crippen molar-refractivity contribution in [1.29, 1.82) is 0 Å². The first-order chi connectivity index (χ1) is 8.15. The van der Waals surface area contributed by atoms with Crippen molar-refractivity contribution in [3.63, 3.8) is 0 Å². The van der Waals surface area contributed by atoms with E-state index in [4.69, 9.17) is 5.73 Å². The van der Waals surface area contributed by atoms with Gasteiger partial charge in [-0.1, -0.05) is 0 Å². The molecule has 0 heterocycles. The minimum Gasteiger partial charge on any atom is -0.346 e. The Morgan fingerprint density at radius 3 is 2.41 bits per heavy atom. The third kappa shape index (κ3) is 4.88. The lowest BCUT2D eigenvalue weighted by molar-refractivity contribution is -0.123. The van der Waals surface area contributed by atoms with Gasteiger partial charge in [-0.15, -0.1) is 11.8 Å². The van der Waals surface area contributed by atoms with Crippen LogP contribution in [0.25, 0.3) is 0 Å². The highest BCUT2D eigenvalue weighted by Gasteiger charge is 2.04. The second kappa shape index (κ2) is 6.93. The van der Waals surface area contributed by atoms with Gasteiger partial charge in [0.05, 0.1) is 13.1 Å². The molecule has 0 aliphatic carbocycles. The zero-order valence-corrected chi connectivity index (χ0v) is 10.3. The average Bonchev–Trinajstić information content (AvgIpc) is 2.36. The van der Waals surface area contributed by atoms with Gasteiger partial charge in [0.2, 0.25) is 11.8 Å². The molecule has 0 bridgehead atoms. The molecule has 92 valence electrons. The summed E-state index contributed by atoms with van der Waals surface area (Å²) in [5.41, 5.74) is 5.80. The van der Waals surface area contributed by atoms with E-state index < -0.39 is 0 Å². The summed E-state index contributed by atoms with van der Waals surface area (Å²) in [4.78, 5) is 23.4. The third-order valence-corrected chi connectivity index (χ3v) is 2.75. The molecular weight excluding hydrogens is 238 g/mol. The van der Waals surface area contributed by atoms with Crippen LogP contribution in [-0.4, -0.2) is 31.2 Å². The summed E-state index contributed by atoms with van der Waals surface area (Å²) in [5.74, 6) is -0.624. The van der Waals surface area contributed by atoms with E-state index in [1.807, 2.05) is 30.5 Å². The molecule has 0 unspecified atom stereocenters. The van der Waals surface area contributed by atoms with E-state index in [0.29, 0.717) is 5.69 Å². The molecule has 0 fully saturated rings. The van der Waals surface area contributed by atoms with Crippen molar-refractivity contribution in [2.24, 2.45) is 5.73 Å². The summed E-state index contributed by atoms with van der Waals surface area (Å²) in [5, 5.41) is 5.06. The molecule has 1 aromatic rings. The van der Waals surface area contributed by atoms with Gasteiger partial charge in [-0.2, -0.15) is 0 Å². The van der Waals surface area contributed by atoms with Gasteiger partial charge in [0, 0.05) is 10.6 Å². The van der Waals surface area contributed by atoms with Gasteiger partial charge in [-0.05, 0) is 30.5 Å². The van der Waals surface area contributed by atoms with Gasteiger partial charge < -0.3 is 16.4 Å². The van der Waals surface area contributed by atoms with Crippen LogP contribution in [0.5, 0.6) is 0 Å². The maximum absolute atomic E-state index is 11.4. The van der Waals surface area contributed by atoms with Crippen LogP contribution in [0, 0.1) is 0 Å². The van der Waals surface area contributed by atoms with Crippen molar-refractivity contribution in [3.05, 3.63) is 24.3 Å². The number of carbonyl (C=O) groups excluding carboxylic acids is 2. The number of hydrogen-bond donors (Lipinski definition) is 3. The molecule has 0 aromatic heterocycles. The summed E-state index contributed by atoms with van der Waals surface area (Å²) in [6, 6.07) is 7.46. The molecule has 17 heavy (non-hydrogen) atoms. The maximum atomic E-state index is 11.4. The molecule has 0 aliphatic heterocycles. The molecule has 0 saturated carbocycles. The minimum absolute atomic E-state index is 0.0691. The van der Waals surface area contributed by atoms with Crippen molar-refractivity contribution in [2.75, 3.05) is 24.7 Å². The fourth-order valence-electron chi connectivity index (χ4n) is 1.13. The van der Waals surface area contributed by atoms with Gasteiger partial charge in [0.1, 0.15) is 0 Å². The van der Waals surface area contributed by atoms with Crippen LogP contribution in [0.4, 0.5) is 5.69 Å². The van der Waals surface area contributed by atoms with Crippen LogP contribution >= 0.6 is 11.8 Å². The fraction of sp³-hybridized carbons (Fsp3) is 0.273. The van der Waals surface area contributed by atoms with E-state index in [1.165, 1.54) is 0 Å². The second-order valence-electron chi connectivity index (χ2n) is 3.26. The summed E-state index contributed by atoms with van der Waals surface area (Å²) >= 11 is 1.63. The van der Waals surface area contributed by atoms with E-state index >= 15 is 0 Å². The molecule has 0 saturated heterocycles. The van der Waals surface area contributed by atoms with Gasteiger partial charge >= 0.3 is 0 Å². The first-order valence-corrected chi connectivity index (χ1v) is 6.29. The molecule has 0 spiro atoms. The molecule has 5 nitrogen and oxygen atoms in total. The smallest absolute Gasteiger partial charge is 0.243 e. The first kappa shape index (κ1) is 13.5. The molecule has 0 atom stereocenters. The van der Waals surface area contributed by atoms with Gasteiger partial charge in [-0.3, -0.25) is 9.59 Å². The van der Waals surface area contributed by atoms with Crippen molar-refractivity contribution in [1.82, 2.24) is 5.32 Å². The molecule has 1 aromatic carbocycles. The first-order valence-electron chi connectivity index (χ1n) is 5.06. The summed E-state index contributed by atoms with van der Waals surface area (Å²) < 4.78 is 0. The van der Waals surface area contributed by atoms with E-state index in [-0.39, 0.29) is 24.9 Å². The van der Waals surface area contributed by atoms with Gasteiger partial charge in [0.15, 0.2) is 0 Å². The highest BCUT2D eigenvalue weighted by Crippen LogP contribution is 2.17. The lowest BCUT2D eigenvalue weighted by Gasteiger charge is -2.06. The summed E-state index contributed by atoms with van der Waals surface area (Å²) in [6.07, 6.45) is 1.98. The van der Waals surface area contributed by atoms with Crippen molar-refractivity contribution in [2.45, 2.75) is 4.90 Å². The zero-order chi connectivity index (χ0) is 12.7. The van der Waals surface area contributed by atoms with E-state index in [9.17, 15) is 9.59 Å². The van der Waals surface area contributed by atoms with Crippen LogP contribution in [-0.2, 0) is 9.59 Å². The Kier molecular flexibility index (Phi) is 5.51. The van der Waals surface area contributed by atoms with Crippen LogP contribution in [0.1, 0.15) is 0 Å². The molecule has 2 amide bonds. The average molecular weight is 253 g/mol. The molecular formula is C11H15N3O2S. The Morgan fingerprint density at radius 1 is 1.24 bits per heavy atom. The Labute approximate surface area is 104 Å². The molecule has 0 radical (unpaired) electrons. The highest BCUT2D eigenvalue weighted by atomic mass is 32.2. The SMILES string of the molecule is CSc1ccc(NC(=O)CNC(=O)CN)cc1. The number of carbonyl (C=O) groups is 2. The number of nitrogens with one attached hydrogen (secondary N) is 2. The van der Waals surface area contributed by atoms with E-state index in [1.54, 1.807) is 11.8 Å². The van der Waals surface area contributed by atoms with E-state index in [0.717, 1.165) is 4.90 Å². The monoisotopic (exact) mass is 253 g/mol. The second-order valence-corrected chi connectivity index (χ2v) is 4.14. The predicted molar refractivity (Wildman–Crippen MR) is 68.9 cm³/mol. The third-order valence-electron chi connectivity index (χ3n) is 2.01. The number of thioether (sulfide) groups is 1. The Bertz CT molecular complexity index is 392. The number of amides is 2. The minimum atomic E-state index is -0.349. The van der Waals surface area contributed by atoms with Gasteiger partial charge in [-0.25, -0.2) is 0 Å². The van der Waals surface area contributed by atoms with Crippen molar-refractivity contribution in [3.8, 4) is 0 Å².